The third kappa shape index (κ3) is 5.35. The smallest absolute Gasteiger partial charge is 0.291 e. The van der Waals surface area contributed by atoms with E-state index in [-0.39, 0.29) is 11.8 Å². The van der Waals surface area contributed by atoms with Gasteiger partial charge in [-0.2, -0.15) is 0 Å². The van der Waals surface area contributed by atoms with Gasteiger partial charge in [-0.15, -0.1) is 0 Å². The van der Waals surface area contributed by atoms with Crippen LogP contribution in [-0.4, -0.2) is 67.4 Å². The van der Waals surface area contributed by atoms with Crippen molar-refractivity contribution in [1.82, 2.24) is 28.9 Å². The lowest BCUT2D eigenvalue weighted by Crippen LogP contribution is -2.30. The summed E-state index contributed by atoms with van der Waals surface area (Å²) in [6.45, 7) is 8.42. The summed E-state index contributed by atoms with van der Waals surface area (Å²) in [5, 5.41) is 6.46. The summed E-state index contributed by atoms with van der Waals surface area (Å²) in [6, 6.07) is 11.3. The van der Waals surface area contributed by atoms with Crippen molar-refractivity contribution in [1.29, 1.82) is 0 Å². The minimum absolute atomic E-state index is 0.253. The zero-order valence-electron chi connectivity index (χ0n) is 25.3. The van der Waals surface area contributed by atoms with E-state index >= 15 is 0 Å². The Hall–Kier alpha value is -3.99. The van der Waals surface area contributed by atoms with Gasteiger partial charge in [0.15, 0.2) is 11.6 Å². The molecule has 0 bridgehead atoms. The second kappa shape index (κ2) is 11.6. The lowest BCUT2D eigenvalue weighted by molar-refractivity contribution is 0.100. The van der Waals surface area contributed by atoms with E-state index in [2.05, 4.69) is 39.4 Å². The van der Waals surface area contributed by atoms with Gasteiger partial charge in [-0.25, -0.2) is 9.97 Å². The number of aromatic nitrogens is 4. The van der Waals surface area contributed by atoms with Crippen molar-refractivity contribution in [2.24, 2.45) is 14.1 Å². The first-order valence-corrected chi connectivity index (χ1v) is 15.0. The molecule has 0 fully saturated rings. The highest BCUT2D eigenvalue weighted by Gasteiger charge is 2.26. The molecule has 4 heterocycles. The van der Waals surface area contributed by atoms with Gasteiger partial charge in [-0.05, 0) is 43.8 Å². The molecule has 2 aliphatic heterocycles. The minimum Gasteiger partial charge on any atom is -0.327 e. The van der Waals surface area contributed by atoms with Crippen LogP contribution in [0.5, 0.6) is 0 Å². The van der Waals surface area contributed by atoms with E-state index in [1.165, 1.54) is 0 Å². The van der Waals surface area contributed by atoms with E-state index in [1.54, 1.807) is 6.07 Å². The van der Waals surface area contributed by atoms with Crippen LogP contribution in [0.1, 0.15) is 56.5 Å². The number of nitrogens with one attached hydrogen (secondary N) is 2. The van der Waals surface area contributed by atoms with Gasteiger partial charge in [-0.3, -0.25) is 14.5 Å². The molecule has 10 nitrogen and oxygen atoms in total. The summed E-state index contributed by atoms with van der Waals surface area (Å²) < 4.78 is 3.79. The van der Waals surface area contributed by atoms with Crippen LogP contribution in [0.2, 0.25) is 5.02 Å². The highest BCUT2D eigenvalue weighted by molar-refractivity contribution is 6.36. The largest absolute Gasteiger partial charge is 0.327 e. The topological polar surface area (TPSA) is 100 Å². The maximum atomic E-state index is 13.4. The lowest BCUT2D eigenvalue weighted by atomic mass is 9.98. The Morgan fingerprint density at radius 2 is 1.37 bits per heavy atom. The molecule has 0 saturated carbocycles. The first-order valence-electron chi connectivity index (χ1n) is 14.7. The van der Waals surface area contributed by atoms with Gasteiger partial charge in [0.2, 0.25) is 0 Å². The monoisotopic (exact) mass is 600 g/mol. The second-order valence-electron chi connectivity index (χ2n) is 11.4. The Balaban J connectivity index is 1.24. The van der Waals surface area contributed by atoms with Crippen LogP contribution in [0.25, 0.3) is 11.1 Å². The van der Waals surface area contributed by atoms with Crippen molar-refractivity contribution < 1.29 is 9.59 Å². The van der Waals surface area contributed by atoms with E-state index in [4.69, 9.17) is 16.6 Å². The third-order valence-electron chi connectivity index (χ3n) is 8.75. The zero-order chi connectivity index (χ0) is 30.4. The summed E-state index contributed by atoms with van der Waals surface area (Å²) in [5.41, 5.74) is 7.74. The van der Waals surface area contributed by atoms with Crippen LogP contribution in [0.3, 0.4) is 0 Å². The van der Waals surface area contributed by atoms with Crippen LogP contribution in [0.4, 0.5) is 11.4 Å². The van der Waals surface area contributed by atoms with Crippen molar-refractivity contribution >= 4 is 34.8 Å². The van der Waals surface area contributed by atoms with Gasteiger partial charge < -0.3 is 24.7 Å². The molecular weight excluding hydrogens is 564 g/mol. The second-order valence-corrected chi connectivity index (χ2v) is 11.8. The number of nitrogens with zero attached hydrogens (tertiary/aromatic N) is 6. The minimum atomic E-state index is -0.309. The van der Waals surface area contributed by atoms with Crippen molar-refractivity contribution in [3.8, 4) is 11.1 Å². The predicted octanol–water partition coefficient (Wildman–Crippen LogP) is 4.65. The summed E-state index contributed by atoms with van der Waals surface area (Å²) in [6.07, 6.45) is 1.73. The van der Waals surface area contributed by atoms with Crippen molar-refractivity contribution in [2.45, 2.75) is 39.8 Å². The SMILES string of the molecule is CCN1CCc2c(nc(C(=O)Nc3cccc(-c4cccc(NC(=O)c5nc6c(n5C)CCN(C)C6)c4Cl)c3C)n2C)C1. The number of benzene rings is 2. The van der Waals surface area contributed by atoms with Gasteiger partial charge in [0.25, 0.3) is 11.8 Å². The Morgan fingerprint density at radius 1 is 0.814 bits per heavy atom. The number of hydrogen-bond donors (Lipinski definition) is 2. The number of carbonyl (C=O) groups excluding carboxylic acids is 2. The molecular formula is C32H37ClN8O2. The standard InChI is InChI=1S/C32H37ClN8O2/c1-6-41-16-14-27-25(18-41)35-29(40(27)5)31(42)36-22-11-7-9-20(19(22)2)21-10-8-12-23(28(21)33)37-32(43)30-34-24-17-38(3)15-13-26(24)39(30)4/h7-12H,6,13-18H2,1-5H3,(H,36,42)(H,37,43). The molecule has 2 aromatic carbocycles. The van der Waals surface area contributed by atoms with Gasteiger partial charge in [0.05, 0.1) is 22.1 Å². The van der Waals surface area contributed by atoms with Crippen LogP contribution in [0.15, 0.2) is 36.4 Å². The fraction of sp³-hybridized carbons (Fsp3) is 0.375. The lowest BCUT2D eigenvalue weighted by Gasteiger charge is -2.24. The molecule has 0 aliphatic carbocycles. The molecule has 43 heavy (non-hydrogen) atoms. The molecule has 0 atom stereocenters. The Kier molecular flexibility index (Phi) is 7.85. The van der Waals surface area contributed by atoms with Gasteiger partial charge in [-0.1, -0.05) is 42.8 Å². The van der Waals surface area contributed by atoms with E-state index in [0.29, 0.717) is 28.0 Å². The number of fused-ring (bicyclic) bond motifs is 2. The third-order valence-corrected chi connectivity index (χ3v) is 9.16. The predicted molar refractivity (Wildman–Crippen MR) is 169 cm³/mol. The first-order chi connectivity index (χ1) is 20.7. The van der Waals surface area contributed by atoms with Crippen molar-refractivity contribution in [3.63, 3.8) is 0 Å². The molecule has 11 heteroatoms. The molecule has 2 aliphatic rings. The summed E-state index contributed by atoms with van der Waals surface area (Å²) >= 11 is 6.91. The Labute approximate surface area is 256 Å². The number of amides is 2. The number of likely N-dealkylation sites (N-methyl/N-ethyl adjacent to an activating group) is 2. The van der Waals surface area contributed by atoms with Gasteiger partial charge in [0.1, 0.15) is 0 Å². The van der Waals surface area contributed by atoms with E-state index in [9.17, 15) is 9.59 Å². The summed E-state index contributed by atoms with van der Waals surface area (Å²) in [4.78, 5) is 40.6. The molecule has 2 aromatic heterocycles. The number of hydrogen-bond acceptors (Lipinski definition) is 6. The molecule has 0 saturated heterocycles. The van der Waals surface area contributed by atoms with E-state index in [0.717, 1.165) is 85.0 Å². The Bertz CT molecular complexity index is 1740. The Morgan fingerprint density at radius 3 is 2.02 bits per heavy atom. The van der Waals surface area contributed by atoms with Crippen LogP contribution < -0.4 is 10.6 Å². The number of rotatable bonds is 6. The highest BCUT2D eigenvalue weighted by atomic mass is 35.5. The molecule has 0 spiro atoms. The number of halogens is 1. The quantitative estimate of drug-likeness (QED) is 0.334. The molecule has 6 rings (SSSR count). The van der Waals surface area contributed by atoms with E-state index in [1.807, 2.05) is 60.5 Å². The van der Waals surface area contributed by atoms with Crippen LogP contribution in [-0.2, 0) is 40.0 Å². The van der Waals surface area contributed by atoms with Crippen LogP contribution >= 0.6 is 11.6 Å². The molecule has 0 radical (unpaired) electrons. The molecule has 4 aromatic rings. The zero-order valence-corrected chi connectivity index (χ0v) is 26.0. The molecule has 0 unspecified atom stereocenters. The maximum absolute atomic E-state index is 13.4. The summed E-state index contributed by atoms with van der Waals surface area (Å²) in [7, 11) is 5.84. The highest BCUT2D eigenvalue weighted by Crippen LogP contribution is 2.37. The van der Waals surface area contributed by atoms with Gasteiger partial charge >= 0.3 is 0 Å². The van der Waals surface area contributed by atoms with Crippen molar-refractivity contribution in [2.75, 3.05) is 37.3 Å². The van der Waals surface area contributed by atoms with Gasteiger partial charge in [0, 0.05) is 75.8 Å². The number of anilines is 2. The van der Waals surface area contributed by atoms with Crippen molar-refractivity contribution in [3.05, 3.63) is 81.4 Å². The number of carbonyl (C=O) groups is 2. The normalized spacial score (nSPS) is 15.2. The summed E-state index contributed by atoms with van der Waals surface area (Å²) in [5.74, 6) is 0.201. The fourth-order valence-corrected chi connectivity index (χ4v) is 6.45. The molecule has 2 N–H and O–H groups in total. The van der Waals surface area contributed by atoms with E-state index < -0.39 is 0 Å². The maximum Gasteiger partial charge on any atom is 0.291 e. The molecule has 2 amide bonds. The molecule has 224 valence electrons. The van der Waals surface area contributed by atoms with Crippen LogP contribution in [0, 0.1) is 6.92 Å². The number of imidazole rings is 2. The first kappa shape index (κ1) is 29.1. The fourth-order valence-electron chi connectivity index (χ4n) is 6.17. The average molecular weight is 601 g/mol. The average Bonchev–Trinajstić information content (AvgIpc) is 3.50.